The summed E-state index contributed by atoms with van der Waals surface area (Å²) < 4.78 is 3.43. The summed E-state index contributed by atoms with van der Waals surface area (Å²) in [6.45, 7) is 13.4. The summed E-state index contributed by atoms with van der Waals surface area (Å²) in [5.74, 6) is 0.482. The highest BCUT2D eigenvalue weighted by molar-refractivity contribution is 7.19. The van der Waals surface area contributed by atoms with E-state index >= 15 is 0 Å². The Labute approximate surface area is 171 Å². The lowest BCUT2D eigenvalue weighted by atomic mass is 9.83. The monoisotopic (exact) mass is 388 g/mol. The fourth-order valence-corrected chi connectivity index (χ4v) is 5.06. The molecule has 0 unspecified atom stereocenters. The number of hydrogen-bond acceptors (Lipinski definition) is 2. The van der Waals surface area contributed by atoms with Gasteiger partial charge in [0.2, 0.25) is 0 Å². The summed E-state index contributed by atoms with van der Waals surface area (Å²) in [5, 5.41) is 6.01. The molecule has 0 radical (unpaired) electrons. The molecule has 0 spiro atoms. The second kappa shape index (κ2) is 6.89. The van der Waals surface area contributed by atoms with Gasteiger partial charge in [0.05, 0.1) is 11.9 Å². The van der Waals surface area contributed by atoms with Crippen molar-refractivity contribution in [3.8, 4) is 5.69 Å². The maximum Gasteiger partial charge on any atom is 0.0651 e. The molecule has 0 atom stereocenters. The maximum absolute atomic E-state index is 4.67. The van der Waals surface area contributed by atoms with Crippen molar-refractivity contribution in [3.63, 3.8) is 0 Å². The maximum atomic E-state index is 4.67. The van der Waals surface area contributed by atoms with E-state index in [9.17, 15) is 0 Å². The van der Waals surface area contributed by atoms with E-state index in [4.69, 9.17) is 0 Å². The van der Waals surface area contributed by atoms with E-state index in [1.165, 1.54) is 37.3 Å². The Morgan fingerprint density at radius 1 is 1.00 bits per heavy atom. The van der Waals surface area contributed by atoms with Crippen molar-refractivity contribution in [2.24, 2.45) is 0 Å². The van der Waals surface area contributed by atoms with E-state index in [0.29, 0.717) is 5.92 Å². The van der Waals surface area contributed by atoms with Crippen molar-refractivity contribution in [2.75, 3.05) is 0 Å². The Morgan fingerprint density at radius 3 is 2.50 bits per heavy atom. The number of aromatic nitrogens is 2. The fourth-order valence-electron chi connectivity index (χ4n) is 3.89. The van der Waals surface area contributed by atoms with Crippen molar-refractivity contribution in [1.29, 1.82) is 0 Å². The van der Waals surface area contributed by atoms with Gasteiger partial charge in [-0.25, -0.2) is 4.68 Å². The minimum atomic E-state index is -0.0600. The summed E-state index contributed by atoms with van der Waals surface area (Å²) in [4.78, 5) is 1.39. The summed E-state index contributed by atoms with van der Waals surface area (Å²) >= 11 is 1.90. The van der Waals surface area contributed by atoms with Gasteiger partial charge in [-0.2, -0.15) is 5.10 Å². The molecule has 0 aliphatic heterocycles. The second-order valence-corrected chi connectivity index (χ2v) is 9.66. The number of aryl methyl sites for hydroxylation is 1. The van der Waals surface area contributed by atoms with Gasteiger partial charge in [0.15, 0.2) is 0 Å². The highest BCUT2D eigenvalue weighted by Gasteiger charge is 2.26. The SMILES string of the molecule is Cc1ccc2sc(C(C)(C)c3cccc(-n4ncc(C(C)C)c4C)c3)cc2c1. The molecule has 0 aliphatic rings. The Bertz CT molecular complexity index is 1140. The molecule has 4 aromatic rings. The van der Waals surface area contributed by atoms with E-state index < -0.39 is 0 Å². The standard InChI is InChI=1S/C25H28N2S/c1-16(2)22-15-26-27(18(22)4)21-9-7-8-20(14-21)25(5,6)24-13-19-12-17(3)10-11-23(19)28-24/h7-16H,1-6H3. The second-order valence-electron chi connectivity index (χ2n) is 8.58. The molecule has 4 rings (SSSR count). The molecule has 3 heteroatoms. The molecule has 0 saturated carbocycles. The van der Waals surface area contributed by atoms with E-state index in [-0.39, 0.29) is 5.41 Å². The predicted octanol–water partition coefficient (Wildman–Crippen LogP) is 7.15. The quantitative estimate of drug-likeness (QED) is 0.363. The number of rotatable bonds is 4. The van der Waals surface area contributed by atoms with Gasteiger partial charge in [0.25, 0.3) is 0 Å². The fraction of sp³-hybridized carbons (Fsp3) is 0.320. The van der Waals surface area contributed by atoms with Gasteiger partial charge >= 0.3 is 0 Å². The first-order valence-electron chi connectivity index (χ1n) is 9.93. The molecule has 2 heterocycles. The highest BCUT2D eigenvalue weighted by atomic mass is 32.1. The molecule has 0 N–H and O–H groups in total. The van der Waals surface area contributed by atoms with Crippen LogP contribution in [-0.4, -0.2) is 9.78 Å². The Balaban J connectivity index is 1.77. The molecule has 0 bridgehead atoms. The molecule has 2 nitrogen and oxygen atoms in total. The third-order valence-electron chi connectivity index (χ3n) is 5.77. The molecule has 0 fully saturated rings. The predicted molar refractivity (Wildman–Crippen MR) is 121 cm³/mol. The van der Waals surface area contributed by atoms with Crippen molar-refractivity contribution < 1.29 is 0 Å². The van der Waals surface area contributed by atoms with E-state index in [1.807, 2.05) is 17.5 Å². The molecule has 144 valence electrons. The van der Waals surface area contributed by atoms with Crippen LogP contribution in [0.25, 0.3) is 15.8 Å². The van der Waals surface area contributed by atoms with Crippen LogP contribution in [0.4, 0.5) is 0 Å². The van der Waals surface area contributed by atoms with Crippen LogP contribution in [0.3, 0.4) is 0 Å². The lowest BCUT2D eigenvalue weighted by molar-refractivity contribution is 0.654. The summed E-state index contributed by atoms with van der Waals surface area (Å²) in [6.07, 6.45) is 2.01. The molecule has 2 aromatic carbocycles. The zero-order valence-corrected chi connectivity index (χ0v) is 18.4. The van der Waals surface area contributed by atoms with Crippen molar-refractivity contribution in [2.45, 2.75) is 52.9 Å². The average Bonchev–Trinajstić information content (AvgIpc) is 3.25. The van der Waals surface area contributed by atoms with Gasteiger partial charge in [0.1, 0.15) is 0 Å². The Kier molecular flexibility index (Phi) is 4.67. The summed E-state index contributed by atoms with van der Waals surface area (Å²) in [5.41, 5.74) is 6.23. The van der Waals surface area contributed by atoms with Gasteiger partial charge in [-0.05, 0) is 60.5 Å². The van der Waals surface area contributed by atoms with Crippen molar-refractivity contribution in [3.05, 3.63) is 82.0 Å². The average molecular weight is 389 g/mol. The third kappa shape index (κ3) is 3.18. The van der Waals surface area contributed by atoms with Gasteiger partial charge in [-0.15, -0.1) is 11.3 Å². The molecule has 28 heavy (non-hydrogen) atoms. The number of nitrogens with zero attached hydrogens (tertiary/aromatic N) is 2. The van der Waals surface area contributed by atoms with Crippen LogP contribution < -0.4 is 0 Å². The smallest absolute Gasteiger partial charge is 0.0651 e. The molecular weight excluding hydrogens is 360 g/mol. The van der Waals surface area contributed by atoms with E-state index in [2.05, 4.69) is 99.9 Å². The first-order valence-corrected chi connectivity index (χ1v) is 10.7. The van der Waals surface area contributed by atoms with Crippen LogP contribution in [0, 0.1) is 13.8 Å². The van der Waals surface area contributed by atoms with Crippen LogP contribution in [0.2, 0.25) is 0 Å². The van der Waals surface area contributed by atoms with Crippen molar-refractivity contribution >= 4 is 21.4 Å². The van der Waals surface area contributed by atoms with Crippen LogP contribution >= 0.6 is 11.3 Å². The first-order chi connectivity index (χ1) is 13.3. The van der Waals surface area contributed by atoms with E-state index in [1.54, 1.807) is 0 Å². The number of hydrogen-bond donors (Lipinski definition) is 0. The number of benzene rings is 2. The van der Waals surface area contributed by atoms with E-state index in [0.717, 1.165) is 5.69 Å². The lowest BCUT2D eigenvalue weighted by Gasteiger charge is -2.24. The van der Waals surface area contributed by atoms with Gasteiger partial charge < -0.3 is 0 Å². The van der Waals surface area contributed by atoms with Crippen LogP contribution in [0.15, 0.2) is 54.7 Å². The van der Waals surface area contributed by atoms with Gasteiger partial charge in [0, 0.05) is 20.7 Å². The minimum Gasteiger partial charge on any atom is -0.238 e. The van der Waals surface area contributed by atoms with Crippen molar-refractivity contribution in [1.82, 2.24) is 9.78 Å². The van der Waals surface area contributed by atoms with Gasteiger partial charge in [-0.3, -0.25) is 0 Å². The zero-order valence-electron chi connectivity index (χ0n) is 17.6. The summed E-state index contributed by atoms with van der Waals surface area (Å²) in [6, 6.07) is 17.9. The topological polar surface area (TPSA) is 17.8 Å². The largest absolute Gasteiger partial charge is 0.238 e. The normalized spacial score (nSPS) is 12.2. The molecule has 0 aliphatic carbocycles. The number of thiophene rings is 1. The summed E-state index contributed by atoms with van der Waals surface area (Å²) in [7, 11) is 0. The molecule has 0 amide bonds. The zero-order chi connectivity index (χ0) is 20.1. The molecular formula is C25H28N2S. The number of fused-ring (bicyclic) bond motifs is 1. The van der Waals surface area contributed by atoms with Crippen LogP contribution in [0.1, 0.15) is 60.9 Å². The molecule has 2 aromatic heterocycles. The third-order valence-corrected chi connectivity index (χ3v) is 7.21. The minimum absolute atomic E-state index is 0.0600. The van der Waals surface area contributed by atoms with Gasteiger partial charge in [-0.1, -0.05) is 57.5 Å². The highest BCUT2D eigenvalue weighted by Crippen LogP contribution is 2.39. The molecule has 0 saturated heterocycles. The Hall–Kier alpha value is -2.39. The van der Waals surface area contributed by atoms with Crippen LogP contribution in [0.5, 0.6) is 0 Å². The van der Waals surface area contributed by atoms with Crippen LogP contribution in [-0.2, 0) is 5.41 Å². The Morgan fingerprint density at radius 2 is 1.79 bits per heavy atom. The first kappa shape index (κ1) is 18.9. The lowest BCUT2D eigenvalue weighted by Crippen LogP contribution is -2.17.